The molecule has 1 heterocycles. The molecule has 1 aromatic heterocycles. The molecule has 33 heavy (non-hydrogen) atoms. The molecule has 172 valence electrons. The van der Waals surface area contributed by atoms with Crippen molar-refractivity contribution in [2.45, 2.75) is 33.5 Å². The van der Waals surface area contributed by atoms with E-state index in [0.717, 1.165) is 11.6 Å². The molecule has 0 aliphatic heterocycles. The number of nitrogens with zero attached hydrogens (tertiary/aromatic N) is 2. The standard InChI is InChI=1S/C22H20ClN3O7/c1-12-18(13(2)33-25-12)11-31-17-6-4-5-15(9-17)22(28)32-14(3)21(27)24-20-10-16(26(29)30)7-8-19(20)23/h4-10,14H,11H2,1-3H3,(H,24,27). The maximum atomic E-state index is 12.5. The van der Waals surface area contributed by atoms with Crippen molar-refractivity contribution in [1.82, 2.24) is 5.16 Å². The third-order valence-corrected chi connectivity index (χ3v) is 5.04. The van der Waals surface area contributed by atoms with Gasteiger partial charge in [0.1, 0.15) is 18.1 Å². The number of nitrogens with one attached hydrogen (secondary N) is 1. The molecule has 1 unspecified atom stereocenters. The molecular weight excluding hydrogens is 454 g/mol. The van der Waals surface area contributed by atoms with Gasteiger partial charge in [0.2, 0.25) is 0 Å². The van der Waals surface area contributed by atoms with Gasteiger partial charge in [-0.1, -0.05) is 22.8 Å². The van der Waals surface area contributed by atoms with Gasteiger partial charge in [-0.05, 0) is 45.0 Å². The summed E-state index contributed by atoms with van der Waals surface area (Å²) in [7, 11) is 0. The average Bonchev–Trinajstić information content (AvgIpc) is 3.10. The summed E-state index contributed by atoms with van der Waals surface area (Å²) in [6, 6.07) is 9.93. The van der Waals surface area contributed by atoms with Crippen LogP contribution in [0.2, 0.25) is 5.02 Å². The minimum atomic E-state index is -1.19. The summed E-state index contributed by atoms with van der Waals surface area (Å²) in [6.07, 6.45) is -1.19. The van der Waals surface area contributed by atoms with Gasteiger partial charge in [-0.25, -0.2) is 4.79 Å². The van der Waals surface area contributed by atoms with Crippen LogP contribution in [0.25, 0.3) is 0 Å². The molecule has 0 radical (unpaired) electrons. The molecule has 0 aliphatic rings. The normalized spacial score (nSPS) is 11.5. The molecule has 1 amide bonds. The van der Waals surface area contributed by atoms with Crippen LogP contribution in [-0.2, 0) is 16.1 Å². The number of nitro benzene ring substituents is 1. The van der Waals surface area contributed by atoms with E-state index in [0.29, 0.717) is 17.2 Å². The first-order chi connectivity index (χ1) is 15.7. The minimum Gasteiger partial charge on any atom is -0.489 e. The zero-order valence-electron chi connectivity index (χ0n) is 18.0. The number of esters is 1. The highest BCUT2D eigenvalue weighted by atomic mass is 35.5. The summed E-state index contributed by atoms with van der Waals surface area (Å²) in [5.74, 6) is -0.376. The number of aromatic nitrogens is 1. The number of ether oxygens (including phenoxy) is 2. The third-order valence-electron chi connectivity index (χ3n) is 4.71. The van der Waals surface area contributed by atoms with Crippen molar-refractivity contribution in [1.29, 1.82) is 0 Å². The second-order valence-electron chi connectivity index (χ2n) is 7.08. The summed E-state index contributed by atoms with van der Waals surface area (Å²) in [6.45, 7) is 5.16. The zero-order valence-corrected chi connectivity index (χ0v) is 18.7. The monoisotopic (exact) mass is 473 g/mol. The number of aryl methyl sites for hydroxylation is 2. The molecular formula is C22H20ClN3O7. The Balaban J connectivity index is 1.62. The first-order valence-electron chi connectivity index (χ1n) is 9.76. The van der Waals surface area contributed by atoms with E-state index >= 15 is 0 Å². The van der Waals surface area contributed by atoms with Gasteiger partial charge >= 0.3 is 5.97 Å². The van der Waals surface area contributed by atoms with Crippen molar-refractivity contribution in [2.24, 2.45) is 0 Å². The molecule has 11 heteroatoms. The average molecular weight is 474 g/mol. The highest BCUT2D eigenvalue weighted by Gasteiger charge is 2.21. The van der Waals surface area contributed by atoms with Crippen LogP contribution < -0.4 is 10.1 Å². The molecule has 0 fully saturated rings. The fourth-order valence-electron chi connectivity index (χ4n) is 2.82. The van der Waals surface area contributed by atoms with E-state index in [1.165, 1.54) is 31.2 Å². The van der Waals surface area contributed by atoms with E-state index in [4.69, 9.17) is 25.6 Å². The molecule has 1 atom stereocenters. The second kappa shape index (κ2) is 10.1. The van der Waals surface area contributed by atoms with Gasteiger partial charge in [0.25, 0.3) is 11.6 Å². The SMILES string of the molecule is Cc1noc(C)c1COc1cccc(C(=O)OC(C)C(=O)Nc2cc([N+](=O)[O-])ccc2Cl)c1. The summed E-state index contributed by atoms with van der Waals surface area (Å²) in [5, 5.41) is 17.3. The molecule has 3 rings (SSSR count). The Bertz CT molecular complexity index is 1190. The van der Waals surface area contributed by atoms with Crippen molar-refractivity contribution in [3.8, 4) is 5.75 Å². The van der Waals surface area contributed by atoms with Crippen LogP contribution in [0, 0.1) is 24.0 Å². The predicted molar refractivity (Wildman–Crippen MR) is 118 cm³/mol. The van der Waals surface area contributed by atoms with Gasteiger partial charge in [0.05, 0.1) is 32.5 Å². The Labute approximate surface area is 193 Å². The number of hydrogen-bond acceptors (Lipinski definition) is 8. The van der Waals surface area contributed by atoms with E-state index in [-0.39, 0.29) is 28.6 Å². The summed E-state index contributed by atoms with van der Waals surface area (Å²) in [5.41, 5.74) is 1.50. The van der Waals surface area contributed by atoms with Crippen LogP contribution in [0.5, 0.6) is 5.75 Å². The fraction of sp³-hybridized carbons (Fsp3) is 0.227. The molecule has 0 aliphatic carbocycles. The Morgan fingerprint density at radius 2 is 2.00 bits per heavy atom. The predicted octanol–water partition coefficient (Wildman–Crippen LogP) is 4.62. The van der Waals surface area contributed by atoms with Gasteiger partial charge in [-0.15, -0.1) is 0 Å². The van der Waals surface area contributed by atoms with Gasteiger partial charge in [-0.2, -0.15) is 0 Å². The quantitative estimate of drug-likeness (QED) is 0.284. The Morgan fingerprint density at radius 3 is 2.67 bits per heavy atom. The van der Waals surface area contributed by atoms with Crippen LogP contribution in [0.1, 0.15) is 34.3 Å². The molecule has 0 saturated heterocycles. The van der Waals surface area contributed by atoms with Crippen LogP contribution in [-0.4, -0.2) is 28.1 Å². The van der Waals surface area contributed by atoms with E-state index in [2.05, 4.69) is 10.5 Å². The van der Waals surface area contributed by atoms with Crippen LogP contribution in [0.4, 0.5) is 11.4 Å². The number of carbonyl (C=O) groups is 2. The van der Waals surface area contributed by atoms with Gasteiger partial charge < -0.3 is 19.3 Å². The zero-order chi connectivity index (χ0) is 24.1. The van der Waals surface area contributed by atoms with E-state index in [9.17, 15) is 19.7 Å². The maximum Gasteiger partial charge on any atom is 0.339 e. The van der Waals surface area contributed by atoms with Crippen LogP contribution in [0.3, 0.4) is 0 Å². The van der Waals surface area contributed by atoms with Crippen molar-refractivity contribution >= 4 is 34.9 Å². The molecule has 3 aromatic rings. The van der Waals surface area contributed by atoms with E-state index in [1.54, 1.807) is 26.0 Å². The van der Waals surface area contributed by atoms with Crippen LogP contribution in [0.15, 0.2) is 47.0 Å². The number of amides is 1. The second-order valence-corrected chi connectivity index (χ2v) is 7.48. The summed E-state index contributed by atoms with van der Waals surface area (Å²) in [4.78, 5) is 35.2. The summed E-state index contributed by atoms with van der Waals surface area (Å²) < 4.78 is 16.0. The van der Waals surface area contributed by atoms with Crippen LogP contribution >= 0.6 is 11.6 Å². The van der Waals surface area contributed by atoms with E-state index < -0.39 is 22.9 Å². The third kappa shape index (κ3) is 5.86. The number of non-ortho nitro benzene ring substituents is 1. The molecule has 10 nitrogen and oxygen atoms in total. The van der Waals surface area contributed by atoms with Gasteiger partial charge in [0.15, 0.2) is 6.10 Å². The van der Waals surface area contributed by atoms with E-state index in [1.807, 2.05) is 0 Å². The molecule has 0 bridgehead atoms. The lowest BCUT2D eigenvalue weighted by Gasteiger charge is -2.14. The molecule has 2 aromatic carbocycles. The number of nitro groups is 1. The number of anilines is 1. The highest BCUT2D eigenvalue weighted by Crippen LogP contribution is 2.27. The lowest BCUT2D eigenvalue weighted by molar-refractivity contribution is -0.384. The maximum absolute atomic E-state index is 12.5. The number of hydrogen-bond donors (Lipinski definition) is 1. The summed E-state index contributed by atoms with van der Waals surface area (Å²) >= 11 is 5.99. The molecule has 0 spiro atoms. The Morgan fingerprint density at radius 1 is 1.24 bits per heavy atom. The largest absolute Gasteiger partial charge is 0.489 e. The van der Waals surface area contributed by atoms with Crippen molar-refractivity contribution in [3.05, 3.63) is 80.2 Å². The number of benzene rings is 2. The lowest BCUT2D eigenvalue weighted by Crippen LogP contribution is -2.30. The minimum absolute atomic E-state index is 0.0356. The Kier molecular flexibility index (Phi) is 7.29. The van der Waals surface area contributed by atoms with Crippen molar-refractivity contribution in [3.63, 3.8) is 0 Å². The smallest absolute Gasteiger partial charge is 0.339 e. The van der Waals surface area contributed by atoms with Gasteiger partial charge in [0, 0.05) is 12.1 Å². The Hall–Kier alpha value is -3.92. The van der Waals surface area contributed by atoms with Crippen molar-refractivity contribution < 1.29 is 28.5 Å². The number of rotatable bonds is 8. The highest BCUT2D eigenvalue weighted by molar-refractivity contribution is 6.33. The van der Waals surface area contributed by atoms with Crippen molar-refractivity contribution in [2.75, 3.05) is 5.32 Å². The lowest BCUT2D eigenvalue weighted by atomic mass is 10.2. The first-order valence-corrected chi connectivity index (χ1v) is 10.1. The topological polar surface area (TPSA) is 134 Å². The number of carbonyl (C=O) groups excluding carboxylic acids is 2. The molecule has 1 N–H and O–H groups in total. The molecule has 0 saturated carbocycles. The first kappa shape index (κ1) is 23.7. The fourth-order valence-corrected chi connectivity index (χ4v) is 2.98. The number of halogens is 1. The van der Waals surface area contributed by atoms with Gasteiger partial charge in [-0.3, -0.25) is 14.9 Å².